The SMILES string of the molecule is Cc1ccc(C(=O)Nc2c[nH]c(C)c2C(=O)O)s1. The van der Waals surface area contributed by atoms with Gasteiger partial charge in [0.05, 0.1) is 10.6 Å². The summed E-state index contributed by atoms with van der Waals surface area (Å²) in [7, 11) is 0. The van der Waals surface area contributed by atoms with Crippen molar-refractivity contribution in [2.75, 3.05) is 5.32 Å². The van der Waals surface area contributed by atoms with Crippen LogP contribution in [0.5, 0.6) is 0 Å². The number of thiophene rings is 1. The number of aromatic nitrogens is 1. The van der Waals surface area contributed by atoms with E-state index < -0.39 is 5.97 Å². The summed E-state index contributed by atoms with van der Waals surface area (Å²) < 4.78 is 0. The number of rotatable bonds is 3. The van der Waals surface area contributed by atoms with Crippen LogP contribution >= 0.6 is 11.3 Å². The number of H-pyrrole nitrogens is 1. The Hall–Kier alpha value is -2.08. The van der Waals surface area contributed by atoms with Crippen molar-refractivity contribution < 1.29 is 14.7 Å². The first-order chi connectivity index (χ1) is 8.49. The molecule has 1 amide bonds. The number of amides is 1. The molecule has 3 N–H and O–H groups in total. The van der Waals surface area contributed by atoms with Crippen LogP contribution in [0.2, 0.25) is 0 Å². The Morgan fingerprint density at radius 1 is 1.33 bits per heavy atom. The van der Waals surface area contributed by atoms with Crippen LogP contribution in [-0.2, 0) is 0 Å². The van der Waals surface area contributed by atoms with Crippen LogP contribution in [0.15, 0.2) is 18.3 Å². The van der Waals surface area contributed by atoms with E-state index in [0.717, 1.165) is 4.88 Å². The Kier molecular flexibility index (Phi) is 3.20. The smallest absolute Gasteiger partial charge is 0.339 e. The first-order valence-corrected chi connectivity index (χ1v) is 6.09. The number of aromatic carboxylic acids is 1. The molecule has 0 aromatic carbocycles. The number of hydrogen-bond acceptors (Lipinski definition) is 3. The van der Waals surface area contributed by atoms with E-state index in [9.17, 15) is 9.59 Å². The maximum absolute atomic E-state index is 11.9. The van der Waals surface area contributed by atoms with Crippen LogP contribution in [0.4, 0.5) is 5.69 Å². The molecular weight excluding hydrogens is 252 g/mol. The third-order valence-corrected chi connectivity index (χ3v) is 3.50. The molecule has 5 nitrogen and oxygen atoms in total. The van der Waals surface area contributed by atoms with E-state index in [1.54, 1.807) is 13.0 Å². The molecule has 2 aromatic rings. The van der Waals surface area contributed by atoms with Gasteiger partial charge in [-0.3, -0.25) is 4.79 Å². The van der Waals surface area contributed by atoms with E-state index in [0.29, 0.717) is 10.6 Å². The van der Waals surface area contributed by atoms with Crippen LogP contribution in [0.3, 0.4) is 0 Å². The number of carboxylic acid groups (broad SMARTS) is 1. The standard InChI is InChI=1S/C12H12N2O3S/c1-6-3-4-9(18-6)11(15)14-8-5-13-7(2)10(8)12(16)17/h3-5,13H,1-2H3,(H,14,15)(H,16,17). The second-order valence-corrected chi connectivity index (χ2v) is 5.16. The molecule has 2 rings (SSSR count). The van der Waals surface area contributed by atoms with Gasteiger partial charge in [-0.1, -0.05) is 0 Å². The van der Waals surface area contributed by atoms with Gasteiger partial charge in [0.1, 0.15) is 5.56 Å². The van der Waals surface area contributed by atoms with E-state index in [1.807, 2.05) is 13.0 Å². The van der Waals surface area contributed by atoms with Gasteiger partial charge >= 0.3 is 5.97 Å². The second kappa shape index (κ2) is 4.66. The van der Waals surface area contributed by atoms with Crippen molar-refractivity contribution in [3.63, 3.8) is 0 Å². The number of aromatic amines is 1. The van der Waals surface area contributed by atoms with Crippen LogP contribution in [0.25, 0.3) is 0 Å². The highest BCUT2D eigenvalue weighted by atomic mass is 32.1. The summed E-state index contributed by atoms with van der Waals surface area (Å²) >= 11 is 1.37. The van der Waals surface area contributed by atoms with Gasteiger partial charge in [-0.25, -0.2) is 4.79 Å². The lowest BCUT2D eigenvalue weighted by Gasteiger charge is -2.02. The van der Waals surface area contributed by atoms with Crippen molar-refractivity contribution in [1.29, 1.82) is 0 Å². The number of anilines is 1. The summed E-state index contributed by atoms with van der Waals surface area (Å²) in [5.74, 6) is -1.36. The van der Waals surface area contributed by atoms with Crippen LogP contribution in [0, 0.1) is 13.8 Å². The van der Waals surface area contributed by atoms with Crippen LogP contribution in [0.1, 0.15) is 30.6 Å². The number of carbonyl (C=O) groups excluding carboxylic acids is 1. The Balaban J connectivity index is 2.25. The molecule has 0 aliphatic rings. The van der Waals surface area contributed by atoms with Gasteiger partial charge in [0, 0.05) is 16.8 Å². The van der Waals surface area contributed by atoms with Crippen molar-refractivity contribution in [1.82, 2.24) is 4.98 Å². The predicted octanol–water partition coefficient (Wildman–Crippen LogP) is 2.64. The molecule has 0 unspecified atom stereocenters. The molecule has 0 fully saturated rings. The van der Waals surface area contributed by atoms with Crippen molar-refractivity contribution >= 4 is 28.9 Å². The number of hydrogen-bond donors (Lipinski definition) is 3. The molecule has 0 saturated carbocycles. The summed E-state index contributed by atoms with van der Waals surface area (Å²) in [4.78, 5) is 27.3. The van der Waals surface area contributed by atoms with Gasteiger partial charge in [0.25, 0.3) is 5.91 Å². The van der Waals surface area contributed by atoms with Crippen LogP contribution < -0.4 is 5.32 Å². The highest BCUT2D eigenvalue weighted by Gasteiger charge is 2.18. The molecule has 0 aliphatic carbocycles. The molecule has 2 aromatic heterocycles. The molecule has 18 heavy (non-hydrogen) atoms. The van der Waals surface area contributed by atoms with Crippen molar-refractivity contribution in [2.45, 2.75) is 13.8 Å². The minimum Gasteiger partial charge on any atom is -0.478 e. The van der Waals surface area contributed by atoms with Gasteiger partial charge in [-0.2, -0.15) is 0 Å². The molecule has 0 atom stereocenters. The molecule has 0 bridgehead atoms. The Bertz CT molecular complexity index is 613. The number of nitrogens with one attached hydrogen (secondary N) is 2. The van der Waals surface area contributed by atoms with Crippen molar-refractivity contribution in [3.05, 3.63) is 39.3 Å². The molecule has 2 heterocycles. The van der Waals surface area contributed by atoms with Gasteiger partial charge in [-0.05, 0) is 26.0 Å². The maximum atomic E-state index is 11.9. The minimum atomic E-state index is -1.06. The van der Waals surface area contributed by atoms with Gasteiger partial charge in [0.2, 0.25) is 0 Å². The average molecular weight is 264 g/mol. The third-order valence-electron chi connectivity index (χ3n) is 2.50. The van der Waals surface area contributed by atoms with Gasteiger partial charge < -0.3 is 15.4 Å². The van der Waals surface area contributed by atoms with Gasteiger partial charge in [-0.15, -0.1) is 11.3 Å². The normalized spacial score (nSPS) is 10.3. The second-order valence-electron chi connectivity index (χ2n) is 3.87. The van der Waals surface area contributed by atoms with Gasteiger partial charge in [0.15, 0.2) is 0 Å². The predicted molar refractivity (Wildman–Crippen MR) is 69.5 cm³/mol. The fourth-order valence-corrected chi connectivity index (χ4v) is 2.40. The maximum Gasteiger partial charge on any atom is 0.339 e. The lowest BCUT2D eigenvalue weighted by Crippen LogP contribution is -2.12. The van der Waals surface area contributed by atoms with E-state index >= 15 is 0 Å². The molecular formula is C12H12N2O3S. The zero-order valence-corrected chi connectivity index (χ0v) is 10.7. The molecule has 6 heteroatoms. The Morgan fingerprint density at radius 3 is 2.61 bits per heavy atom. The highest BCUT2D eigenvalue weighted by Crippen LogP contribution is 2.22. The van der Waals surface area contributed by atoms with E-state index in [2.05, 4.69) is 10.3 Å². The largest absolute Gasteiger partial charge is 0.478 e. The van der Waals surface area contributed by atoms with Crippen LogP contribution in [-0.4, -0.2) is 22.0 Å². The molecule has 0 radical (unpaired) electrons. The van der Waals surface area contributed by atoms with Crippen molar-refractivity contribution in [2.24, 2.45) is 0 Å². The Labute approximate surface area is 107 Å². The summed E-state index contributed by atoms with van der Waals surface area (Å²) in [6.45, 7) is 3.55. The molecule has 0 spiro atoms. The minimum absolute atomic E-state index is 0.0941. The van der Waals surface area contributed by atoms with E-state index in [1.165, 1.54) is 17.5 Å². The monoisotopic (exact) mass is 264 g/mol. The van der Waals surface area contributed by atoms with E-state index in [4.69, 9.17) is 5.11 Å². The van der Waals surface area contributed by atoms with E-state index in [-0.39, 0.29) is 17.2 Å². The first-order valence-electron chi connectivity index (χ1n) is 5.28. The zero-order valence-electron chi connectivity index (χ0n) is 9.90. The topological polar surface area (TPSA) is 82.2 Å². The molecule has 94 valence electrons. The third kappa shape index (κ3) is 2.28. The average Bonchev–Trinajstić information content (AvgIpc) is 2.85. The lowest BCUT2D eigenvalue weighted by molar-refractivity contribution is 0.0697. The molecule has 0 aliphatic heterocycles. The zero-order chi connectivity index (χ0) is 13.3. The number of carbonyl (C=O) groups is 2. The molecule has 0 saturated heterocycles. The Morgan fingerprint density at radius 2 is 2.06 bits per heavy atom. The lowest BCUT2D eigenvalue weighted by atomic mass is 10.2. The summed E-state index contributed by atoms with van der Waals surface area (Å²) in [6.07, 6.45) is 1.48. The fourth-order valence-electron chi connectivity index (χ4n) is 1.64. The number of carboxylic acids is 1. The summed E-state index contributed by atoms with van der Waals surface area (Å²) in [6, 6.07) is 3.56. The highest BCUT2D eigenvalue weighted by molar-refractivity contribution is 7.14. The first kappa shape index (κ1) is 12.4. The summed E-state index contributed by atoms with van der Waals surface area (Å²) in [5.41, 5.74) is 0.896. The van der Waals surface area contributed by atoms with Crippen molar-refractivity contribution in [3.8, 4) is 0 Å². The fraction of sp³-hybridized carbons (Fsp3) is 0.167. The number of aryl methyl sites for hydroxylation is 2. The summed E-state index contributed by atoms with van der Waals surface area (Å²) in [5, 5.41) is 11.7. The quantitative estimate of drug-likeness (QED) is 0.797.